The number of halogens is 2. The minimum Gasteiger partial charge on any atom is -0.494 e. The Morgan fingerprint density at radius 1 is 1.32 bits per heavy atom. The van der Waals surface area contributed by atoms with Crippen LogP contribution in [0, 0.1) is 0 Å². The van der Waals surface area contributed by atoms with Gasteiger partial charge in [-0.15, -0.1) is 11.3 Å². The van der Waals surface area contributed by atoms with Crippen molar-refractivity contribution in [3.8, 4) is 5.75 Å². The predicted molar refractivity (Wildman–Crippen MR) is 85.2 cm³/mol. The van der Waals surface area contributed by atoms with E-state index < -0.39 is 0 Å². The zero-order valence-corrected chi connectivity index (χ0v) is 13.7. The highest BCUT2D eigenvalue weighted by Gasteiger charge is 2.04. The van der Waals surface area contributed by atoms with Crippen LogP contribution in [0.4, 0.5) is 0 Å². The minimum atomic E-state index is 0.693. The lowest BCUT2D eigenvalue weighted by molar-refractivity contribution is 0.340. The fourth-order valence-electron chi connectivity index (χ4n) is 1.72. The highest BCUT2D eigenvalue weighted by molar-refractivity contribution is 9.10. The molecule has 0 aliphatic heterocycles. The predicted octanol–water partition coefficient (Wildman–Crippen LogP) is 4.85. The van der Waals surface area contributed by atoms with Gasteiger partial charge < -0.3 is 10.1 Å². The van der Waals surface area contributed by atoms with Crippen molar-refractivity contribution >= 4 is 38.9 Å². The summed E-state index contributed by atoms with van der Waals surface area (Å²) in [6.45, 7) is 4.31. The number of nitrogens with one attached hydrogen (secondary N) is 1. The quantitative estimate of drug-likeness (QED) is 0.795. The van der Waals surface area contributed by atoms with Crippen LogP contribution in [-0.2, 0) is 13.1 Å². The van der Waals surface area contributed by atoms with Crippen LogP contribution < -0.4 is 10.1 Å². The van der Waals surface area contributed by atoms with E-state index in [4.69, 9.17) is 16.3 Å². The normalized spacial score (nSPS) is 10.7. The molecule has 2 rings (SSSR count). The van der Waals surface area contributed by atoms with Gasteiger partial charge in [0, 0.05) is 22.4 Å². The summed E-state index contributed by atoms with van der Waals surface area (Å²) in [6.07, 6.45) is 0. The third kappa shape index (κ3) is 4.49. The zero-order chi connectivity index (χ0) is 13.7. The largest absolute Gasteiger partial charge is 0.494 e. The molecule has 2 aromatic rings. The number of benzene rings is 1. The molecule has 2 nitrogen and oxygen atoms in total. The van der Waals surface area contributed by atoms with Crippen molar-refractivity contribution in [1.82, 2.24) is 5.32 Å². The first-order valence-electron chi connectivity index (χ1n) is 6.05. The summed E-state index contributed by atoms with van der Waals surface area (Å²) in [5.41, 5.74) is 1.22. The Morgan fingerprint density at radius 3 is 2.84 bits per heavy atom. The maximum atomic E-state index is 6.01. The molecular formula is C14H15BrClNOS. The zero-order valence-electron chi connectivity index (χ0n) is 10.6. The summed E-state index contributed by atoms with van der Waals surface area (Å²) < 4.78 is 7.25. The van der Waals surface area contributed by atoms with Gasteiger partial charge in [-0.05, 0) is 46.6 Å². The molecule has 19 heavy (non-hydrogen) atoms. The molecule has 0 atom stereocenters. The first kappa shape index (κ1) is 14.9. The van der Waals surface area contributed by atoms with Gasteiger partial charge in [-0.3, -0.25) is 0 Å². The lowest BCUT2D eigenvalue weighted by Gasteiger charge is -2.07. The van der Waals surface area contributed by atoms with Crippen molar-refractivity contribution in [2.45, 2.75) is 20.0 Å². The number of ether oxygens (including phenoxy) is 1. The van der Waals surface area contributed by atoms with Gasteiger partial charge in [-0.25, -0.2) is 0 Å². The van der Waals surface area contributed by atoms with Gasteiger partial charge in [0.2, 0.25) is 0 Å². The van der Waals surface area contributed by atoms with E-state index in [1.165, 1.54) is 10.4 Å². The SMILES string of the molecule is CCOc1cccc(CNCc2cc(Br)c(Cl)s2)c1. The number of hydrogen-bond donors (Lipinski definition) is 1. The molecule has 0 spiro atoms. The maximum absolute atomic E-state index is 6.01. The Labute approximate surface area is 130 Å². The van der Waals surface area contributed by atoms with Crippen molar-refractivity contribution in [3.05, 3.63) is 49.6 Å². The maximum Gasteiger partial charge on any atom is 0.119 e. The molecule has 0 amide bonds. The second-order valence-corrected chi connectivity index (χ2v) is 6.61. The first-order valence-corrected chi connectivity index (χ1v) is 8.04. The molecular weight excluding hydrogens is 346 g/mol. The average Bonchev–Trinajstić information content (AvgIpc) is 2.70. The number of thiophene rings is 1. The molecule has 0 bridgehead atoms. The topological polar surface area (TPSA) is 21.3 Å². The summed E-state index contributed by atoms with van der Waals surface area (Å²) >= 11 is 11.0. The molecule has 0 aliphatic carbocycles. The lowest BCUT2D eigenvalue weighted by atomic mass is 10.2. The minimum absolute atomic E-state index is 0.693. The van der Waals surface area contributed by atoms with Crippen LogP contribution in [-0.4, -0.2) is 6.61 Å². The van der Waals surface area contributed by atoms with Crippen LogP contribution >= 0.6 is 38.9 Å². The fraction of sp³-hybridized carbons (Fsp3) is 0.286. The van der Waals surface area contributed by atoms with E-state index in [0.717, 1.165) is 27.6 Å². The third-order valence-corrected chi connectivity index (χ3v) is 5.01. The van der Waals surface area contributed by atoms with Crippen molar-refractivity contribution < 1.29 is 4.74 Å². The summed E-state index contributed by atoms with van der Waals surface area (Å²) in [5, 5.41) is 3.40. The summed E-state index contributed by atoms with van der Waals surface area (Å²) in [4.78, 5) is 1.22. The molecule has 0 saturated heterocycles. The Balaban J connectivity index is 1.86. The second kappa shape index (κ2) is 7.29. The molecule has 102 valence electrons. The second-order valence-electron chi connectivity index (χ2n) is 4.02. The fourth-order valence-corrected chi connectivity index (χ4v) is 3.48. The van der Waals surface area contributed by atoms with Gasteiger partial charge >= 0.3 is 0 Å². The molecule has 1 aromatic carbocycles. The van der Waals surface area contributed by atoms with E-state index in [1.807, 2.05) is 19.1 Å². The van der Waals surface area contributed by atoms with Gasteiger partial charge in [-0.1, -0.05) is 23.7 Å². The van der Waals surface area contributed by atoms with Gasteiger partial charge in [0.05, 0.1) is 6.61 Å². The van der Waals surface area contributed by atoms with E-state index in [-0.39, 0.29) is 0 Å². The standard InChI is InChI=1S/C14H15BrClNOS/c1-2-18-11-5-3-4-10(6-11)8-17-9-12-7-13(15)14(16)19-12/h3-7,17H,2,8-9H2,1H3. The average molecular weight is 361 g/mol. The molecule has 5 heteroatoms. The van der Waals surface area contributed by atoms with Crippen molar-refractivity contribution in [2.75, 3.05) is 6.61 Å². The van der Waals surface area contributed by atoms with E-state index in [1.54, 1.807) is 11.3 Å². The first-order chi connectivity index (χ1) is 9.19. The van der Waals surface area contributed by atoms with Gasteiger partial charge in [-0.2, -0.15) is 0 Å². The van der Waals surface area contributed by atoms with Gasteiger partial charge in [0.25, 0.3) is 0 Å². The molecule has 0 fully saturated rings. The number of hydrogen-bond acceptors (Lipinski definition) is 3. The molecule has 0 radical (unpaired) electrons. The summed E-state index contributed by atoms with van der Waals surface area (Å²) in [5.74, 6) is 0.920. The highest BCUT2D eigenvalue weighted by Crippen LogP contribution is 2.31. The molecule has 0 aliphatic rings. The summed E-state index contributed by atoms with van der Waals surface area (Å²) in [6, 6.07) is 10.2. The van der Waals surface area contributed by atoms with Crippen LogP contribution in [0.2, 0.25) is 4.34 Å². The Morgan fingerprint density at radius 2 is 2.16 bits per heavy atom. The van der Waals surface area contributed by atoms with Crippen LogP contribution in [0.15, 0.2) is 34.8 Å². The van der Waals surface area contributed by atoms with Gasteiger partial charge in [0.15, 0.2) is 0 Å². The number of rotatable bonds is 6. The summed E-state index contributed by atoms with van der Waals surface area (Å²) in [7, 11) is 0. The molecule has 0 saturated carbocycles. The van der Waals surface area contributed by atoms with Crippen LogP contribution in [0.25, 0.3) is 0 Å². The third-order valence-electron chi connectivity index (χ3n) is 2.53. The van der Waals surface area contributed by atoms with Crippen LogP contribution in [0.3, 0.4) is 0 Å². The Bertz CT molecular complexity index is 524. The van der Waals surface area contributed by atoms with Gasteiger partial charge in [0.1, 0.15) is 10.1 Å². The van der Waals surface area contributed by atoms with Crippen LogP contribution in [0.5, 0.6) is 5.75 Å². The van der Waals surface area contributed by atoms with Crippen molar-refractivity contribution in [2.24, 2.45) is 0 Å². The highest BCUT2D eigenvalue weighted by atomic mass is 79.9. The smallest absolute Gasteiger partial charge is 0.119 e. The van der Waals surface area contributed by atoms with Crippen molar-refractivity contribution in [1.29, 1.82) is 0 Å². The monoisotopic (exact) mass is 359 g/mol. The van der Waals surface area contributed by atoms with E-state index in [2.05, 4.69) is 39.4 Å². The molecule has 0 unspecified atom stereocenters. The van der Waals surface area contributed by atoms with Crippen molar-refractivity contribution in [3.63, 3.8) is 0 Å². The van der Waals surface area contributed by atoms with E-state index in [0.29, 0.717) is 6.61 Å². The lowest BCUT2D eigenvalue weighted by Crippen LogP contribution is -2.11. The van der Waals surface area contributed by atoms with E-state index >= 15 is 0 Å². The Kier molecular flexibility index (Phi) is 5.70. The van der Waals surface area contributed by atoms with Crippen LogP contribution in [0.1, 0.15) is 17.4 Å². The Hall–Kier alpha value is -0.550. The molecule has 1 heterocycles. The molecule has 1 N–H and O–H groups in total. The van der Waals surface area contributed by atoms with E-state index in [9.17, 15) is 0 Å². The molecule has 1 aromatic heterocycles.